The molecule has 2 aromatic carbocycles. The second-order valence-corrected chi connectivity index (χ2v) is 6.28. The molecule has 1 aromatic heterocycles. The van der Waals surface area contributed by atoms with Gasteiger partial charge >= 0.3 is 6.18 Å². The summed E-state index contributed by atoms with van der Waals surface area (Å²) in [6.45, 7) is 0. The maximum atomic E-state index is 12.7. The minimum absolute atomic E-state index is 0.143. The molecule has 3 rings (SSSR count). The molecule has 7 nitrogen and oxygen atoms in total. The van der Waals surface area contributed by atoms with Crippen molar-refractivity contribution >= 4 is 11.6 Å². The number of nitro benzene ring substituents is 1. The van der Waals surface area contributed by atoms with Crippen LogP contribution in [0.1, 0.15) is 33.2 Å². The minimum atomic E-state index is -4.75. The number of halogens is 3. The van der Waals surface area contributed by atoms with E-state index in [1.165, 1.54) is 24.3 Å². The van der Waals surface area contributed by atoms with Gasteiger partial charge in [0.2, 0.25) is 0 Å². The highest BCUT2D eigenvalue weighted by atomic mass is 19.4. The molecule has 0 bridgehead atoms. The van der Waals surface area contributed by atoms with Crippen LogP contribution in [0.2, 0.25) is 0 Å². The first-order valence-corrected chi connectivity index (χ1v) is 8.57. The Morgan fingerprint density at radius 2 is 1.57 bits per heavy atom. The molecular formula is C20H14F3N3O4. The van der Waals surface area contributed by atoms with Gasteiger partial charge in [-0.05, 0) is 35.4 Å². The molecule has 0 saturated carbocycles. The van der Waals surface area contributed by atoms with Crippen LogP contribution in [0, 0.1) is 10.1 Å². The number of carbonyl (C=O) groups is 1. The van der Waals surface area contributed by atoms with Crippen LogP contribution in [0.4, 0.5) is 18.9 Å². The number of H-pyrrole nitrogens is 1. The van der Waals surface area contributed by atoms with E-state index in [-0.39, 0.29) is 5.69 Å². The Kier molecular flexibility index (Phi) is 5.67. The quantitative estimate of drug-likeness (QED) is 0.486. The predicted molar refractivity (Wildman–Crippen MR) is 101 cm³/mol. The van der Waals surface area contributed by atoms with Crippen LogP contribution in [0.3, 0.4) is 0 Å². The lowest BCUT2D eigenvalue weighted by Crippen LogP contribution is -2.34. The number of hydrogen-bond acceptors (Lipinski definition) is 4. The first-order valence-electron chi connectivity index (χ1n) is 8.57. The number of nitrogens with one attached hydrogen (secondary N) is 2. The van der Waals surface area contributed by atoms with Gasteiger partial charge in [0.25, 0.3) is 17.2 Å². The number of rotatable bonds is 5. The summed E-state index contributed by atoms with van der Waals surface area (Å²) in [5.41, 5.74) is -1.98. The van der Waals surface area contributed by atoms with E-state index in [1.54, 1.807) is 35.3 Å². The van der Waals surface area contributed by atoms with Crippen LogP contribution >= 0.6 is 0 Å². The summed E-state index contributed by atoms with van der Waals surface area (Å²) in [7, 11) is 0. The zero-order valence-corrected chi connectivity index (χ0v) is 15.1. The third-order valence-electron chi connectivity index (χ3n) is 4.31. The molecule has 0 saturated heterocycles. The van der Waals surface area contributed by atoms with Gasteiger partial charge in [-0.15, -0.1) is 0 Å². The molecule has 3 aromatic rings. The van der Waals surface area contributed by atoms with Gasteiger partial charge in [-0.1, -0.05) is 30.3 Å². The standard InChI is InChI=1S/C20H14F3N3O4/c21-20(22,23)16-11-10-15(18(27)24-16)19(28)25-17(12-4-2-1-3-5-12)13-6-8-14(9-7-13)26(29)30/h1-11,17H,(H,24,27)(H,25,28). The summed E-state index contributed by atoms with van der Waals surface area (Å²) in [6, 6.07) is 14.6. The molecule has 0 fully saturated rings. The molecule has 1 atom stereocenters. The van der Waals surface area contributed by atoms with E-state index in [9.17, 15) is 32.9 Å². The van der Waals surface area contributed by atoms with Gasteiger partial charge < -0.3 is 10.3 Å². The van der Waals surface area contributed by atoms with Crippen LogP contribution in [0.15, 0.2) is 71.5 Å². The molecule has 1 amide bonds. The van der Waals surface area contributed by atoms with Gasteiger partial charge in [-0.3, -0.25) is 19.7 Å². The average molecular weight is 417 g/mol. The number of benzene rings is 2. The Hall–Kier alpha value is -3.95. The maximum Gasteiger partial charge on any atom is 0.431 e. The molecule has 1 unspecified atom stereocenters. The minimum Gasteiger partial charge on any atom is -0.341 e. The van der Waals surface area contributed by atoms with Crippen molar-refractivity contribution in [1.82, 2.24) is 10.3 Å². The number of nitrogens with zero attached hydrogens (tertiary/aromatic N) is 1. The van der Waals surface area contributed by atoms with Gasteiger partial charge in [0.05, 0.1) is 11.0 Å². The van der Waals surface area contributed by atoms with E-state index >= 15 is 0 Å². The Morgan fingerprint density at radius 1 is 0.967 bits per heavy atom. The zero-order chi connectivity index (χ0) is 21.9. The highest BCUT2D eigenvalue weighted by molar-refractivity contribution is 5.94. The molecule has 2 N–H and O–H groups in total. The normalized spacial score (nSPS) is 12.2. The highest BCUT2D eigenvalue weighted by Gasteiger charge is 2.32. The average Bonchev–Trinajstić information content (AvgIpc) is 2.72. The predicted octanol–water partition coefficient (Wildman–Crippen LogP) is 3.82. The molecule has 0 aliphatic carbocycles. The van der Waals surface area contributed by atoms with Crippen molar-refractivity contribution in [1.29, 1.82) is 0 Å². The number of alkyl halides is 3. The first-order chi connectivity index (χ1) is 14.2. The fourth-order valence-electron chi connectivity index (χ4n) is 2.82. The van der Waals surface area contributed by atoms with Crippen LogP contribution in [0.25, 0.3) is 0 Å². The van der Waals surface area contributed by atoms with Crippen LogP contribution < -0.4 is 10.9 Å². The van der Waals surface area contributed by atoms with Crippen LogP contribution in [-0.2, 0) is 6.18 Å². The molecule has 10 heteroatoms. The fourth-order valence-corrected chi connectivity index (χ4v) is 2.82. The van der Waals surface area contributed by atoms with E-state index < -0.39 is 39.9 Å². The van der Waals surface area contributed by atoms with Crippen molar-refractivity contribution in [3.63, 3.8) is 0 Å². The number of aromatic amines is 1. The zero-order valence-electron chi connectivity index (χ0n) is 15.1. The summed E-state index contributed by atoms with van der Waals surface area (Å²) in [4.78, 5) is 36.6. The Balaban J connectivity index is 1.95. The summed E-state index contributed by atoms with van der Waals surface area (Å²) in [6.07, 6.45) is -4.75. The van der Waals surface area contributed by atoms with E-state index in [0.29, 0.717) is 17.2 Å². The lowest BCUT2D eigenvalue weighted by molar-refractivity contribution is -0.384. The summed E-state index contributed by atoms with van der Waals surface area (Å²) >= 11 is 0. The number of hydrogen-bond donors (Lipinski definition) is 2. The summed E-state index contributed by atoms with van der Waals surface area (Å²) in [5, 5.41) is 13.5. The van der Waals surface area contributed by atoms with Crippen LogP contribution in [-0.4, -0.2) is 15.8 Å². The van der Waals surface area contributed by atoms with Crippen molar-refractivity contribution in [2.45, 2.75) is 12.2 Å². The lowest BCUT2D eigenvalue weighted by Gasteiger charge is -2.20. The Morgan fingerprint density at radius 3 is 2.10 bits per heavy atom. The Bertz CT molecular complexity index is 1130. The monoisotopic (exact) mass is 417 g/mol. The van der Waals surface area contributed by atoms with Gasteiger partial charge in [0, 0.05) is 12.1 Å². The molecule has 0 radical (unpaired) electrons. The highest BCUT2D eigenvalue weighted by Crippen LogP contribution is 2.27. The summed E-state index contributed by atoms with van der Waals surface area (Å²) < 4.78 is 38.2. The third kappa shape index (κ3) is 4.54. The van der Waals surface area contributed by atoms with Gasteiger partial charge in [-0.2, -0.15) is 13.2 Å². The van der Waals surface area contributed by atoms with Gasteiger partial charge in [0.1, 0.15) is 11.3 Å². The lowest BCUT2D eigenvalue weighted by atomic mass is 9.98. The van der Waals surface area contributed by atoms with Gasteiger partial charge in [0.15, 0.2) is 0 Å². The van der Waals surface area contributed by atoms with E-state index in [1.807, 2.05) is 0 Å². The fraction of sp³-hybridized carbons (Fsp3) is 0.100. The number of aromatic nitrogens is 1. The van der Waals surface area contributed by atoms with Crippen molar-refractivity contribution in [2.24, 2.45) is 0 Å². The SMILES string of the molecule is O=C(NC(c1ccccc1)c1ccc([N+](=O)[O-])cc1)c1ccc(C(F)(F)F)[nH]c1=O. The van der Waals surface area contributed by atoms with E-state index in [2.05, 4.69) is 5.32 Å². The topological polar surface area (TPSA) is 105 Å². The maximum absolute atomic E-state index is 12.7. The molecule has 0 aliphatic rings. The van der Waals surface area contributed by atoms with Crippen molar-refractivity contribution in [2.75, 3.05) is 0 Å². The second-order valence-electron chi connectivity index (χ2n) is 6.28. The summed E-state index contributed by atoms with van der Waals surface area (Å²) in [5.74, 6) is -0.891. The number of nitro groups is 1. The molecule has 0 aliphatic heterocycles. The van der Waals surface area contributed by atoms with Crippen molar-refractivity contribution in [3.8, 4) is 0 Å². The third-order valence-corrected chi connectivity index (χ3v) is 4.31. The molecule has 1 heterocycles. The van der Waals surface area contributed by atoms with Crippen molar-refractivity contribution < 1.29 is 22.9 Å². The van der Waals surface area contributed by atoms with Crippen molar-refractivity contribution in [3.05, 3.63) is 110 Å². The molecule has 0 spiro atoms. The molecule has 30 heavy (non-hydrogen) atoms. The number of pyridine rings is 1. The number of carbonyl (C=O) groups excluding carboxylic acids is 1. The number of non-ortho nitro benzene ring substituents is 1. The van der Waals surface area contributed by atoms with Gasteiger partial charge in [-0.25, -0.2) is 0 Å². The molecule has 154 valence electrons. The first kappa shape index (κ1) is 20.8. The Labute approximate surface area is 167 Å². The second kappa shape index (κ2) is 8.19. The largest absolute Gasteiger partial charge is 0.431 e. The smallest absolute Gasteiger partial charge is 0.341 e. The number of amides is 1. The van der Waals surface area contributed by atoms with Crippen LogP contribution in [0.5, 0.6) is 0 Å². The molecular weight excluding hydrogens is 403 g/mol. The van der Waals surface area contributed by atoms with E-state index in [0.717, 1.165) is 6.07 Å². The van der Waals surface area contributed by atoms with E-state index in [4.69, 9.17) is 0 Å².